The van der Waals surface area contributed by atoms with E-state index in [0.29, 0.717) is 0 Å². The molecule has 13 rings (SSSR count). The normalized spacial score (nSPS) is 13.1. The summed E-state index contributed by atoms with van der Waals surface area (Å²) in [5.74, 6) is 0. The first-order valence-electron chi connectivity index (χ1n) is 21.6. The number of hydrogen-bond acceptors (Lipinski definition) is 2. The highest BCUT2D eigenvalue weighted by Gasteiger charge is 2.30. The zero-order valence-corrected chi connectivity index (χ0v) is 35.3. The maximum Gasteiger partial charge on any atom is 0.146 e. The van der Waals surface area contributed by atoms with E-state index in [-0.39, 0.29) is 10.8 Å². The Morgan fingerprint density at radius 1 is 0.410 bits per heavy atom. The van der Waals surface area contributed by atoms with E-state index in [0.717, 1.165) is 39.3 Å². The molecule has 0 aliphatic rings. The lowest BCUT2D eigenvalue weighted by Crippen LogP contribution is -2.11. The van der Waals surface area contributed by atoms with Gasteiger partial charge in [0.15, 0.2) is 0 Å². The zero-order chi connectivity index (χ0) is 41.1. The quantitative estimate of drug-likeness (QED) is 0.178. The van der Waals surface area contributed by atoms with Crippen LogP contribution in [0.5, 0.6) is 0 Å². The fourth-order valence-corrected chi connectivity index (χ4v) is 10.6. The van der Waals surface area contributed by atoms with Gasteiger partial charge in [0.1, 0.15) is 5.65 Å². The van der Waals surface area contributed by atoms with Crippen molar-refractivity contribution >= 4 is 115 Å². The molecule has 0 saturated heterocycles. The minimum Gasteiger partial charge on any atom is -0.308 e. The lowest BCUT2D eigenvalue weighted by atomic mass is 9.84. The third kappa shape index (κ3) is 4.62. The van der Waals surface area contributed by atoms with Gasteiger partial charge in [-0.3, -0.25) is 4.40 Å². The molecule has 0 aliphatic heterocycles. The smallest absolute Gasteiger partial charge is 0.146 e. The molecule has 0 spiro atoms. The molecule has 5 heterocycles. The molecule has 0 N–H and O–H groups in total. The topological polar surface area (TPSA) is 24.9 Å². The first kappa shape index (κ1) is 34.7. The first-order valence-corrected chi connectivity index (χ1v) is 21.6. The van der Waals surface area contributed by atoms with E-state index in [1.807, 2.05) is 0 Å². The lowest BCUT2D eigenvalue weighted by Gasteiger charge is -2.28. The Morgan fingerprint density at radius 2 is 0.984 bits per heavy atom. The van der Waals surface area contributed by atoms with Gasteiger partial charge in [-0.1, -0.05) is 133 Å². The van der Waals surface area contributed by atoms with Gasteiger partial charge < -0.3 is 9.30 Å². The van der Waals surface area contributed by atoms with Crippen LogP contribution in [0.4, 0.5) is 17.1 Å². The highest BCUT2D eigenvalue weighted by atomic mass is 15.2. The average molecular weight is 785 g/mol. The van der Waals surface area contributed by atoms with Crippen LogP contribution >= 0.6 is 0 Å². The predicted molar refractivity (Wildman–Crippen MR) is 261 cm³/mol. The van der Waals surface area contributed by atoms with Gasteiger partial charge in [0.05, 0.1) is 38.8 Å². The molecular formula is C57H44N4. The van der Waals surface area contributed by atoms with Crippen molar-refractivity contribution in [1.29, 1.82) is 0 Å². The van der Waals surface area contributed by atoms with E-state index in [1.165, 1.54) is 86.9 Å². The number of pyridine rings is 1. The molecule has 0 unspecified atom stereocenters. The molecule has 0 aliphatic carbocycles. The SMILES string of the molecule is CC(C)(C)c1ccc2c(c1)c1cc(C(C)(C)C)cc3c4nc5c(cc4n2c13)c1cc2ccccc2c2c3cc4ccccc4c(N(c4ccccc4)c4ccccc4)c3n5c12. The van der Waals surface area contributed by atoms with Crippen molar-refractivity contribution in [2.75, 3.05) is 4.90 Å². The van der Waals surface area contributed by atoms with Crippen LogP contribution < -0.4 is 4.90 Å². The van der Waals surface area contributed by atoms with Gasteiger partial charge in [0, 0.05) is 54.5 Å². The highest BCUT2D eigenvalue weighted by molar-refractivity contribution is 6.35. The van der Waals surface area contributed by atoms with E-state index < -0.39 is 0 Å². The summed E-state index contributed by atoms with van der Waals surface area (Å²) >= 11 is 0. The molecule has 0 atom stereocenters. The first-order chi connectivity index (χ1) is 29.5. The van der Waals surface area contributed by atoms with Crippen LogP contribution in [-0.4, -0.2) is 13.8 Å². The number of hydrogen-bond donors (Lipinski definition) is 0. The Morgan fingerprint density at radius 3 is 1.67 bits per heavy atom. The van der Waals surface area contributed by atoms with Crippen molar-refractivity contribution in [3.63, 3.8) is 0 Å². The molecule has 0 radical (unpaired) electrons. The summed E-state index contributed by atoms with van der Waals surface area (Å²) < 4.78 is 5.03. The second-order valence-electron chi connectivity index (χ2n) is 19.3. The molecule has 0 fully saturated rings. The number of rotatable bonds is 3. The number of benzene rings is 8. The summed E-state index contributed by atoms with van der Waals surface area (Å²) in [6.07, 6.45) is 0. The van der Waals surface area contributed by atoms with Crippen LogP contribution in [0.25, 0.3) is 98.0 Å². The van der Waals surface area contributed by atoms with Crippen molar-refractivity contribution in [2.24, 2.45) is 0 Å². The van der Waals surface area contributed by atoms with Gasteiger partial charge >= 0.3 is 0 Å². The van der Waals surface area contributed by atoms with E-state index in [1.54, 1.807) is 0 Å². The molecule has 292 valence electrons. The van der Waals surface area contributed by atoms with Crippen molar-refractivity contribution in [3.8, 4) is 0 Å². The summed E-state index contributed by atoms with van der Waals surface area (Å²) in [5, 5.41) is 13.6. The Bertz CT molecular complexity index is 3890. The van der Waals surface area contributed by atoms with Crippen molar-refractivity contribution in [1.82, 2.24) is 13.8 Å². The molecular weight excluding hydrogens is 741 g/mol. The third-order valence-corrected chi connectivity index (χ3v) is 13.6. The fraction of sp³-hybridized carbons (Fsp3) is 0.140. The monoisotopic (exact) mass is 784 g/mol. The summed E-state index contributed by atoms with van der Waals surface area (Å²) in [7, 11) is 0. The molecule has 4 heteroatoms. The second kappa shape index (κ2) is 11.8. The largest absolute Gasteiger partial charge is 0.308 e. The Labute approximate surface area is 353 Å². The predicted octanol–water partition coefficient (Wildman–Crippen LogP) is 15.8. The lowest BCUT2D eigenvalue weighted by molar-refractivity contribution is 0.590. The minimum absolute atomic E-state index is 0.0377. The van der Waals surface area contributed by atoms with Crippen LogP contribution in [-0.2, 0) is 10.8 Å². The van der Waals surface area contributed by atoms with Gasteiger partial charge in [-0.25, -0.2) is 4.98 Å². The molecule has 61 heavy (non-hydrogen) atoms. The molecule has 13 aromatic rings. The van der Waals surface area contributed by atoms with Crippen LogP contribution in [0.15, 0.2) is 158 Å². The van der Waals surface area contributed by atoms with E-state index in [9.17, 15) is 0 Å². The molecule has 4 nitrogen and oxygen atoms in total. The van der Waals surface area contributed by atoms with Crippen LogP contribution in [0, 0.1) is 0 Å². The number of fused-ring (bicyclic) bond motifs is 15. The maximum absolute atomic E-state index is 5.93. The number of aromatic nitrogens is 3. The Kier molecular flexibility index (Phi) is 6.69. The Balaban J connectivity index is 1.28. The van der Waals surface area contributed by atoms with E-state index >= 15 is 0 Å². The standard InChI is InChI=1S/C57H44N4/c1-56(2,3)35-25-26-47-41(29-35)43-30-36(57(4,5)6)31-46-50-48(60(47)51(43)46)32-44-42-27-33-17-13-15-23-39(33)49-45-28-34-18-14-16-24-40(34)53(54(45)61(52(42)49)55(44)58-50)59(37-19-9-7-10-20-37)38-21-11-8-12-22-38/h7-32H,1-6H3. The summed E-state index contributed by atoms with van der Waals surface area (Å²) in [6, 6.07) is 58.8. The van der Waals surface area contributed by atoms with Crippen LogP contribution in [0.1, 0.15) is 52.7 Å². The average Bonchev–Trinajstić information content (AvgIpc) is 3.98. The van der Waals surface area contributed by atoms with Crippen molar-refractivity contribution in [2.45, 2.75) is 52.4 Å². The number of para-hydroxylation sites is 2. The minimum atomic E-state index is -0.0480. The van der Waals surface area contributed by atoms with Gasteiger partial charge in [-0.05, 0) is 105 Å². The molecule has 0 bridgehead atoms. The summed E-state index contributed by atoms with van der Waals surface area (Å²) in [4.78, 5) is 8.39. The van der Waals surface area contributed by atoms with Gasteiger partial charge in [-0.15, -0.1) is 0 Å². The summed E-state index contributed by atoms with van der Waals surface area (Å²) in [5.41, 5.74) is 14.1. The number of nitrogens with zero attached hydrogens (tertiary/aromatic N) is 4. The molecule has 0 saturated carbocycles. The van der Waals surface area contributed by atoms with Crippen LogP contribution in [0.2, 0.25) is 0 Å². The van der Waals surface area contributed by atoms with Crippen molar-refractivity contribution in [3.05, 3.63) is 169 Å². The number of anilines is 3. The third-order valence-electron chi connectivity index (χ3n) is 13.6. The highest BCUT2D eigenvalue weighted by Crippen LogP contribution is 2.51. The van der Waals surface area contributed by atoms with Crippen LogP contribution in [0.3, 0.4) is 0 Å². The van der Waals surface area contributed by atoms with Gasteiger partial charge in [0.25, 0.3) is 0 Å². The molecule has 8 aromatic carbocycles. The van der Waals surface area contributed by atoms with E-state index in [4.69, 9.17) is 4.98 Å². The molecule has 0 amide bonds. The van der Waals surface area contributed by atoms with Gasteiger partial charge in [-0.2, -0.15) is 0 Å². The van der Waals surface area contributed by atoms with Crippen molar-refractivity contribution < 1.29 is 0 Å². The van der Waals surface area contributed by atoms with E-state index in [2.05, 4.69) is 213 Å². The maximum atomic E-state index is 5.93. The molecule has 5 aromatic heterocycles. The summed E-state index contributed by atoms with van der Waals surface area (Å²) in [6.45, 7) is 13.9. The fourth-order valence-electron chi connectivity index (χ4n) is 10.6. The zero-order valence-electron chi connectivity index (χ0n) is 35.3. The second-order valence-corrected chi connectivity index (χ2v) is 19.3. The Hall–Kier alpha value is -7.17. The van der Waals surface area contributed by atoms with Gasteiger partial charge in [0.2, 0.25) is 0 Å².